The number of rotatable bonds is 6. The molecule has 0 aromatic rings. The molecule has 1 aliphatic rings. The van der Waals surface area contributed by atoms with Gasteiger partial charge < -0.3 is 11.1 Å². The molecule has 0 spiro atoms. The molecule has 2 unspecified atom stereocenters. The number of carbonyl (C=O) groups excluding carboxylic acids is 2. The number of primary amides is 1. The Bertz CT molecular complexity index is 290. The predicted molar refractivity (Wildman–Crippen MR) is 70.1 cm³/mol. The summed E-state index contributed by atoms with van der Waals surface area (Å²) in [4.78, 5) is 24.6. The van der Waals surface area contributed by atoms with Gasteiger partial charge in [0.2, 0.25) is 5.91 Å². The van der Waals surface area contributed by atoms with Crippen LogP contribution in [0.2, 0.25) is 0 Å². The summed E-state index contributed by atoms with van der Waals surface area (Å²) in [5.41, 5.74) is 4.97. The zero-order valence-corrected chi connectivity index (χ0v) is 11.2. The van der Waals surface area contributed by atoms with Crippen molar-refractivity contribution in [3.63, 3.8) is 0 Å². The molecule has 1 saturated heterocycles. The van der Waals surface area contributed by atoms with Crippen LogP contribution < -0.4 is 16.4 Å². The highest BCUT2D eigenvalue weighted by Crippen LogP contribution is 2.10. The number of amides is 3. The third-order valence-corrected chi connectivity index (χ3v) is 3.30. The smallest absolute Gasteiger partial charge is 0.318 e. The Labute approximate surface area is 108 Å². The molecule has 2 atom stereocenters. The second-order valence-electron chi connectivity index (χ2n) is 4.82. The van der Waals surface area contributed by atoms with E-state index in [2.05, 4.69) is 22.5 Å². The number of urea groups is 1. The van der Waals surface area contributed by atoms with Crippen molar-refractivity contribution in [3.8, 4) is 0 Å². The first-order valence-electron chi connectivity index (χ1n) is 6.62. The maximum Gasteiger partial charge on any atom is 0.318 e. The van der Waals surface area contributed by atoms with E-state index in [1.54, 1.807) is 0 Å². The molecule has 0 saturated carbocycles. The van der Waals surface area contributed by atoms with E-state index in [-0.39, 0.29) is 11.9 Å². The number of nitrogens with zero attached hydrogens (tertiary/aromatic N) is 1. The number of nitrogens with two attached hydrogens (primary N) is 1. The number of hydrogen-bond donors (Lipinski definition) is 3. The fraction of sp³-hybridized carbons (Fsp3) is 0.833. The van der Waals surface area contributed by atoms with Gasteiger partial charge in [-0.1, -0.05) is 6.92 Å². The monoisotopic (exact) mass is 256 g/mol. The van der Waals surface area contributed by atoms with Gasteiger partial charge in [0, 0.05) is 12.6 Å². The molecular formula is C12H24N4O2. The van der Waals surface area contributed by atoms with Crippen LogP contribution in [0.25, 0.3) is 0 Å². The SMILES string of the molecule is CCCN(CC1CCCN1)C(C)C(=O)NC(N)=O. The van der Waals surface area contributed by atoms with Crippen LogP contribution in [0.4, 0.5) is 4.79 Å². The van der Waals surface area contributed by atoms with E-state index in [0.717, 1.165) is 32.5 Å². The first-order valence-corrected chi connectivity index (χ1v) is 6.62. The maximum atomic E-state index is 11.8. The average Bonchev–Trinajstić information content (AvgIpc) is 2.79. The second kappa shape index (κ2) is 7.33. The Balaban J connectivity index is 2.52. The molecule has 0 radical (unpaired) electrons. The van der Waals surface area contributed by atoms with E-state index < -0.39 is 6.03 Å². The molecule has 1 aliphatic heterocycles. The van der Waals surface area contributed by atoms with Crippen LogP contribution in [0.1, 0.15) is 33.1 Å². The summed E-state index contributed by atoms with van der Waals surface area (Å²) in [6.45, 7) is 6.61. The molecule has 0 aliphatic carbocycles. The Morgan fingerprint density at radius 2 is 2.28 bits per heavy atom. The van der Waals surface area contributed by atoms with Crippen LogP contribution >= 0.6 is 0 Å². The van der Waals surface area contributed by atoms with Crippen LogP contribution in [0.5, 0.6) is 0 Å². The van der Waals surface area contributed by atoms with Crippen molar-refractivity contribution >= 4 is 11.9 Å². The lowest BCUT2D eigenvalue weighted by Crippen LogP contribution is -2.51. The fourth-order valence-corrected chi connectivity index (χ4v) is 2.32. The van der Waals surface area contributed by atoms with Gasteiger partial charge in [0.05, 0.1) is 6.04 Å². The van der Waals surface area contributed by atoms with Gasteiger partial charge in [-0.15, -0.1) is 0 Å². The molecule has 1 rings (SSSR count). The third-order valence-electron chi connectivity index (χ3n) is 3.30. The number of carbonyl (C=O) groups is 2. The topological polar surface area (TPSA) is 87.5 Å². The van der Waals surface area contributed by atoms with Crippen molar-refractivity contribution in [1.29, 1.82) is 0 Å². The van der Waals surface area contributed by atoms with Gasteiger partial charge in [0.25, 0.3) is 0 Å². The van der Waals surface area contributed by atoms with Crippen molar-refractivity contribution in [3.05, 3.63) is 0 Å². The minimum atomic E-state index is -0.790. The summed E-state index contributed by atoms with van der Waals surface area (Å²) in [7, 11) is 0. The van der Waals surface area contributed by atoms with E-state index in [1.165, 1.54) is 6.42 Å². The Morgan fingerprint density at radius 3 is 2.78 bits per heavy atom. The molecule has 0 bridgehead atoms. The normalized spacial score (nSPS) is 20.9. The van der Waals surface area contributed by atoms with Gasteiger partial charge in [-0.05, 0) is 39.3 Å². The summed E-state index contributed by atoms with van der Waals surface area (Å²) >= 11 is 0. The largest absolute Gasteiger partial charge is 0.351 e. The van der Waals surface area contributed by atoms with E-state index >= 15 is 0 Å². The molecule has 1 fully saturated rings. The molecule has 3 amide bonds. The van der Waals surface area contributed by atoms with E-state index in [0.29, 0.717) is 6.04 Å². The summed E-state index contributed by atoms with van der Waals surface area (Å²) in [5, 5.41) is 5.56. The maximum absolute atomic E-state index is 11.8. The Morgan fingerprint density at radius 1 is 1.56 bits per heavy atom. The highest BCUT2D eigenvalue weighted by molar-refractivity contribution is 5.96. The van der Waals surface area contributed by atoms with Crippen molar-refractivity contribution in [2.75, 3.05) is 19.6 Å². The predicted octanol–water partition coefficient (Wildman–Crippen LogP) is 0.0338. The lowest BCUT2D eigenvalue weighted by atomic mass is 10.1. The Kier molecular flexibility index (Phi) is 6.07. The molecule has 0 aromatic heterocycles. The van der Waals surface area contributed by atoms with Gasteiger partial charge in [-0.3, -0.25) is 15.0 Å². The first-order chi connectivity index (χ1) is 8.54. The highest BCUT2D eigenvalue weighted by Gasteiger charge is 2.25. The quantitative estimate of drug-likeness (QED) is 0.626. The van der Waals surface area contributed by atoms with Gasteiger partial charge in [-0.25, -0.2) is 4.79 Å². The highest BCUT2D eigenvalue weighted by atomic mass is 16.2. The lowest BCUT2D eigenvalue weighted by Gasteiger charge is -2.30. The standard InChI is InChI=1S/C12H24N4O2/c1-3-7-16(8-10-5-4-6-14-10)9(2)11(17)15-12(13)18/h9-10,14H,3-8H2,1-2H3,(H3,13,15,17,18). The summed E-state index contributed by atoms with van der Waals surface area (Å²) < 4.78 is 0. The van der Waals surface area contributed by atoms with Crippen molar-refractivity contribution in [1.82, 2.24) is 15.5 Å². The van der Waals surface area contributed by atoms with Crippen LogP contribution in [-0.4, -0.2) is 48.6 Å². The molecule has 6 nitrogen and oxygen atoms in total. The van der Waals surface area contributed by atoms with Crippen LogP contribution in [0.3, 0.4) is 0 Å². The fourth-order valence-electron chi connectivity index (χ4n) is 2.32. The van der Waals surface area contributed by atoms with E-state index in [1.807, 2.05) is 6.92 Å². The van der Waals surface area contributed by atoms with E-state index in [4.69, 9.17) is 5.73 Å². The van der Waals surface area contributed by atoms with Crippen molar-refractivity contribution in [2.24, 2.45) is 5.73 Å². The lowest BCUT2D eigenvalue weighted by molar-refractivity contribution is -0.124. The van der Waals surface area contributed by atoms with Crippen LogP contribution in [0, 0.1) is 0 Å². The van der Waals surface area contributed by atoms with Crippen LogP contribution in [-0.2, 0) is 4.79 Å². The minimum Gasteiger partial charge on any atom is -0.351 e. The van der Waals surface area contributed by atoms with Gasteiger partial charge in [0.1, 0.15) is 0 Å². The first kappa shape index (κ1) is 14.9. The zero-order valence-electron chi connectivity index (χ0n) is 11.2. The van der Waals surface area contributed by atoms with Gasteiger partial charge in [-0.2, -0.15) is 0 Å². The summed E-state index contributed by atoms with van der Waals surface area (Å²) in [5.74, 6) is -0.325. The number of hydrogen-bond acceptors (Lipinski definition) is 4. The average molecular weight is 256 g/mol. The van der Waals surface area contributed by atoms with Gasteiger partial charge >= 0.3 is 6.03 Å². The third kappa shape index (κ3) is 4.62. The molecule has 6 heteroatoms. The zero-order chi connectivity index (χ0) is 13.5. The second-order valence-corrected chi connectivity index (χ2v) is 4.82. The van der Waals surface area contributed by atoms with Gasteiger partial charge in [0.15, 0.2) is 0 Å². The summed E-state index contributed by atoms with van der Waals surface area (Å²) in [6, 6.07) is -0.678. The molecule has 0 aromatic carbocycles. The minimum absolute atomic E-state index is 0.325. The molecule has 4 N–H and O–H groups in total. The molecule has 1 heterocycles. The molecular weight excluding hydrogens is 232 g/mol. The molecule has 104 valence electrons. The van der Waals surface area contributed by atoms with Crippen molar-refractivity contribution < 1.29 is 9.59 Å². The number of nitrogens with one attached hydrogen (secondary N) is 2. The van der Waals surface area contributed by atoms with Crippen LogP contribution in [0.15, 0.2) is 0 Å². The van der Waals surface area contributed by atoms with Crippen molar-refractivity contribution in [2.45, 2.75) is 45.2 Å². The Hall–Kier alpha value is -1.14. The van der Waals surface area contributed by atoms with E-state index in [9.17, 15) is 9.59 Å². The molecule has 18 heavy (non-hydrogen) atoms. The number of imide groups is 1. The summed E-state index contributed by atoms with van der Waals surface area (Å²) in [6.07, 6.45) is 3.30.